The summed E-state index contributed by atoms with van der Waals surface area (Å²) in [6.07, 6.45) is 0. The van der Waals surface area contributed by atoms with Gasteiger partial charge < -0.3 is 0 Å². The standard InChI is InChI=1S/C19H16N4/c20-19(15-9-3-1-4-10-15,16-11-5-2-6-12-16)23-18-14-8-7-13-17(18)21-22-23/h1-14H,20H2. The van der Waals surface area contributed by atoms with Gasteiger partial charge in [0.2, 0.25) is 0 Å². The van der Waals surface area contributed by atoms with Gasteiger partial charge in [0.05, 0.1) is 5.52 Å². The van der Waals surface area contributed by atoms with Crippen molar-refractivity contribution in [3.8, 4) is 0 Å². The van der Waals surface area contributed by atoms with E-state index in [1.807, 2.05) is 84.9 Å². The zero-order valence-corrected chi connectivity index (χ0v) is 12.5. The molecule has 3 aromatic carbocycles. The number of aromatic nitrogens is 3. The van der Waals surface area contributed by atoms with Crippen molar-refractivity contribution in [3.63, 3.8) is 0 Å². The molecule has 0 amide bonds. The molecule has 0 radical (unpaired) electrons. The Kier molecular flexibility index (Phi) is 3.17. The lowest BCUT2D eigenvalue weighted by atomic mass is 9.92. The first-order valence-electron chi connectivity index (χ1n) is 7.51. The van der Waals surface area contributed by atoms with Gasteiger partial charge in [-0.15, -0.1) is 5.10 Å². The van der Waals surface area contributed by atoms with Crippen molar-refractivity contribution >= 4 is 11.0 Å². The largest absolute Gasteiger partial charge is 0.299 e. The quantitative estimate of drug-likeness (QED) is 0.632. The van der Waals surface area contributed by atoms with Gasteiger partial charge >= 0.3 is 0 Å². The summed E-state index contributed by atoms with van der Waals surface area (Å²) in [6, 6.07) is 27.8. The van der Waals surface area contributed by atoms with Gasteiger partial charge in [-0.3, -0.25) is 5.73 Å². The Morgan fingerprint density at radius 1 is 0.696 bits per heavy atom. The fourth-order valence-electron chi connectivity index (χ4n) is 2.93. The molecule has 4 rings (SSSR count). The lowest BCUT2D eigenvalue weighted by molar-refractivity contribution is 0.404. The molecule has 4 nitrogen and oxygen atoms in total. The summed E-state index contributed by atoms with van der Waals surface area (Å²) in [5.74, 6) is 0. The average molecular weight is 300 g/mol. The van der Waals surface area contributed by atoms with E-state index in [0.717, 1.165) is 22.2 Å². The second-order valence-corrected chi connectivity index (χ2v) is 5.49. The first-order valence-corrected chi connectivity index (χ1v) is 7.51. The molecule has 1 heterocycles. The SMILES string of the molecule is NC(c1ccccc1)(c1ccccc1)n1nnc2ccccc21. The highest BCUT2D eigenvalue weighted by Crippen LogP contribution is 2.30. The van der Waals surface area contributed by atoms with Gasteiger partial charge in [-0.05, 0) is 23.3 Å². The van der Waals surface area contributed by atoms with Crippen LogP contribution in [0, 0.1) is 0 Å². The molecule has 4 heteroatoms. The van der Waals surface area contributed by atoms with E-state index in [1.165, 1.54) is 0 Å². The number of rotatable bonds is 3. The monoisotopic (exact) mass is 300 g/mol. The summed E-state index contributed by atoms with van der Waals surface area (Å²) in [5.41, 5.74) is 9.67. The lowest BCUT2D eigenvalue weighted by Gasteiger charge is -2.31. The molecule has 0 saturated heterocycles. The maximum Gasteiger partial charge on any atom is 0.164 e. The van der Waals surface area contributed by atoms with Crippen molar-refractivity contribution in [1.29, 1.82) is 0 Å². The average Bonchev–Trinajstić information content (AvgIpc) is 3.07. The van der Waals surface area contributed by atoms with Gasteiger partial charge in [0.25, 0.3) is 0 Å². The molecule has 0 aliphatic heterocycles. The van der Waals surface area contributed by atoms with Crippen molar-refractivity contribution in [1.82, 2.24) is 15.0 Å². The number of hydrogen-bond acceptors (Lipinski definition) is 3. The Morgan fingerprint density at radius 3 is 1.83 bits per heavy atom. The van der Waals surface area contributed by atoms with Gasteiger partial charge in [0.1, 0.15) is 5.52 Å². The minimum atomic E-state index is -0.918. The molecule has 0 atom stereocenters. The van der Waals surface area contributed by atoms with E-state index in [2.05, 4.69) is 10.3 Å². The van der Waals surface area contributed by atoms with Crippen LogP contribution in [0.15, 0.2) is 84.9 Å². The normalized spacial score (nSPS) is 11.7. The topological polar surface area (TPSA) is 56.7 Å². The highest BCUT2D eigenvalue weighted by molar-refractivity contribution is 5.74. The highest BCUT2D eigenvalue weighted by atomic mass is 15.5. The molecule has 0 saturated carbocycles. The van der Waals surface area contributed by atoms with Crippen molar-refractivity contribution in [3.05, 3.63) is 96.1 Å². The van der Waals surface area contributed by atoms with Crippen LogP contribution in [0.5, 0.6) is 0 Å². The maximum atomic E-state index is 6.93. The predicted octanol–water partition coefficient (Wildman–Crippen LogP) is 3.14. The van der Waals surface area contributed by atoms with Crippen LogP contribution in [0.3, 0.4) is 0 Å². The zero-order chi connectivity index (χ0) is 15.7. The molecule has 2 N–H and O–H groups in total. The van der Waals surface area contributed by atoms with Crippen molar-refractivity contribution in [2.75, 3.05) is 0 Å². The first-order chi connectivity index (χ1) is 11.3. The molecule has 0 spiro atoms. The Labute approximate surface area is 134 Å². The summed E-state index contributed by atoms with van der Waals surface area (Å²) in [6.45, 7) is 0. The number of fused-ring (bicyclic) bond motifs is 1. The van der Waals surface area contributed by atoms with Crippen LogP contribution >= 0.6 is 0 Å². The lowest BCUT2D eigenvalue weighted by Crippen LogP contribution is -2.46. The fraction of sp³-hybridized carbons (Fsp3) is 0.0526. The van der Waals surface area contributed by atoms with E-state index < -0.39 is 5.66 Å². The van der Waals surface area contributed by atoms with Crippen LogP contribution in [-0.4, -0.2) is 15.0 Å². The van der Waals surface area contributed by atoms with E-state index in [-0.39, 0.29) is 0 Å². The molecule has 0 aliphatic rings. The minimum Gasteiger partial charge on any atom is -0.299 e. The number of nitrogens with two attached hydrogens (primary N) is 1. The molecular weight excluding hydrogens is 284 g/mol. The molecule has 0 bridgehead atoms. The Morgan fingerprint density at radius 2 is 1.22 bits per heavy atom. The Bertz CT molecular complexity index is 890. The van der Waals surface area contributed by atoms with Crippen molar-refractivity contribution in [2.45, 2.75) is 5.66 Å². The zero-order valence-electron chi connectivity index (χ0n) is 12.5. The molecule has 4 aromatic rings. The number of hydrogen-bond donors (Lipinski definition) is 1. The molecule has 0 unspecified atom stereocenters. The Hall–Kier alpha value is -2.98. The molecule has 0 aliphatic carbocycles. The van der Waals surface area contributed by atoms with Crippen LogP contribution in [-0.2, 0) is 5.66 Å². The van der Waals surface area contributed by atoms with Crippen LogP contribution < -0.4 is 5.73 Å². The van der Waals surface area contributed by atoms with E-state index in [1.54, 1.807) is 4.68 Å². The van der Waals surface area contributed by atoms with E-state index in [4.69, 9.17) is 5.73 Å². The predicted molar refractivity (Wildman–Crippen MR) is 90.8 cm³/mol. The van der Waals surface area contributed by atoms with Crippen molar-refractivity contribution < 1.29 is 0 Å². The number of benzene rings is 3. The summed E-state index contributed by atoms with van der Waals surface area (Å²) >= 11 is 0. The highest BCUT2D eigenvalue weighted by Gasteiger charge is 2.34. The van der Waals surface area contributed by atoms with Gasteiger partial charge in [0, 0.05) is 0 Å². The van der Waals surface area contributed by atoms with E-state index in [9.17, 15) is 0 Å². The molecule has 112 valence electrons. The van der Waals surface area contributed by atoms with Gasteiger partial charge in [0.15, 0.2) is 5.66 Å². The summed E-state index contributed by atoms with van der Waals surface area (Å²) in [4.78, 5) is 0. The van der Waals surface area contributed by atoms with Gasteiger partial charge in [-0.1, -0.05) is 78.0 Å². The molecule has 23 heavy (non-hydrogen) atoms. The number of nitrogens with zero attached hydrogens (tertiary/aromatic N) is 3. The summed E-state index contributed by atoms with van der Waals surface area (Å²) < 4.78 is 1.80. The van der Waals surface area contributed by atoms with E-state index in [0.29, 0.717) is 0 Å². The second-order valence-electron chi connectivity index (χ2n) is 5.49. The first kappa shape index (κ1) is 13.7. The second kappa shape index (κ2) is 5.34. The summed E-state index contributed by atoms with van der Waals surface area (Å²) in [5, 5.41) is 8.63. The fourth-order valence-corrected chi connectivity index (χ4v) is 2.93. The van der Waals surface area contributed by atoms with Crippen LogP contribution in [0.1, 0.15) is 11.1 Å². The minimum absolute atomic E-state index is 0.828. The summed E-state index contributed by atoms with van der Waals surface area (Å²) in [7, 11) is 0. The maximum absolute atomic E-state index is 6.93. The van der Waals surface area contributed by atoms with E-state index >= 15 is 0 Å². The third-order valence-electron chi connectivity index (χ3n) is 4.11. The molecule has 0 fully saturated rings. The van der Waals surface area contributed by atoms with Crippen molar-refractivity contribution in [2.24, 2.45) is 5.73 Å². The molecular formula is C19H16N4. The van der Waals surface area contributed by atoms with Crippen LogP contribution in [0.25, 0.3) is 11.0 Å². The Balaban J connectivity index is 2.04. The van der Waals surface area contributed by atoms with Crippen LogP contribution in [0.4, 0.5) is 0 Å². The van der Waals surface area contributed by atoms with Crippen LogP contribution in [0.2, 0.25) is 0 Å². The third-order valence-corrected chi connectivity index (χ3v) is 4.11. The molecule has 1 aromatic heterocycles. The smallest absolute Gasteiger partial charge is 0.164 e. The third kappa shape index (κ3) is 2.12. The van der Waals surface area contributed by atoms with Gasteiger partial charge in [-0.2, -0.15) is 0 Å². The van der Waals surface area contributed by atoms with Gasteiger partial charge in [-0.25, -0.2) is 4.68 Å². The number of para-hydroxylation sites is 1.